The molecule has 11 heavy (non-hydrogen) atoms. The third-order valence-electron chi connectivity index (χ3n) is 1.09. The third-order valence-corrected chi connectivity index (χ3v) is 1.09. The summed E-state index contributed by atoms with van der Waals surface area (Å²) in [7, 11) is 0. The summed E-state index contributed by atoms with van der Waals surface area (Å²) in [6.45, 7) is 2.16. The van der Waals surface area contributed by atoms with Gasteiger partial charge in [-0.05, 0) is 6.92 Å². The van der Waals surface area contributed by atoms with Crippen LogP contribution in [0.25, 0.3) is 0 Å². The van der Waals surface area contributed by atoms with E-state index >= 15 is 0 Å². The molecule has 0 spiro atoms. The van der Waals surface area contributed by atoms with E-state index in [-0.39, 0.29) is 6.61 Å². The van der Waals surface area contributed by atoms with Crippen molar-refractivity contribution in [2.24, 2.45) is 5.73 Å². The molecule has 0 saturated carbocycles. The Labute approximate surface area is 63.5 Å². The Morgan fingerprint density at radius 1 is 1.73 bits per heavy atom. The molecule has 3 nitrogen and oxygen atoms in total. The van der Waals surface area contributed by atoms with Gasteiger partial charge in [0.05, 0.1) is 6.61 Å². The van der Waals surface area contributed by atoms with Crippen molar-refractivity contribution in [1.82, 2.24) is 0 Å². The number of hydrogen-bond donors (Lipinski definition) is 1. The van der Waals surface area contributed by atoms with Gasteiger partial charge in [-0.3, -0.25) is 4.79 Å². The van der Waals surface area contributed by atoms with Gasteiger partial charge in [-0.1, -0.05) is 0 Å². The van der Waals surface area contributed by atoms with E-state index in [0.29, 0.717) is 6.92 Å². The highest BCUT2D eigenvalue weighted by Crippen LogP contribution is 2.16. The zero-order valence-corrected chi connectivity index (χ0v) is 6.43. The minimum Gasteiger partial charge on any atom is -0.465 e. The molecule has 0 aliphatic carbocycles. The molecular formula is C6H11F2NO2. The van der Waals surface area contributed by atoms with E-state index in [1.807, 2.05) is 0 Å². The molecule has 0 aliphatic rings. The standard InChI is InChI=1S/C6H11F2NO2/c1-3-11-5(10)4(9)6(2,7)8/h4H,3,9H2,1-2H3. The second kappa shape index (κ2) is 3.61. The Bertz CT molecular complexity index is 144. The van der Waals surface area contributed by atoms with Gasteiger partial charge in [0, 0.05) is 6.92 Å². The molecule has 0 radical (unpaired) electrons. The van der Waals surface area contributed by atoms with Gasteiger partial charge in [0.1, 0.15) is 0 Å². The number of halogens is 2. The fourth-order valence-electron chi connectivity index (χ4n) is 0.439. The molecule has 0 aromatic carbocycles. The van der Waals surface area contributed by atoms with Crippen molar-refractivity contribution >= 4 is 5.97 Å². The highest BCUT2D eigenvalue weighted by Gasteiger charge is 2.37. The predicted octanol–water partition coefficient (Wildman–Crippen LogP) is 0.532. The van der Waals surface area contributed by atoms with Gasteiger partial charge in [0.2, 0.25) is 0 Å². The molecule has 0 bridgehead atoms. The molecule has 0 aromatic heterocycles. The van der Waals surface area contributed by atoms with Gasteiger partial charge < -0.3 is 10.5 Å². The minimum atomic E-state index is -3.22. The number of rotatable bonds is 3. The first kappa shape index (κ1) is 10.3. The van der Waals surface area contributed by atoms with Gasteiger partial charge in [-0.15, -0.1) is 0 Å². The Hall–Kier alpha value is -0.710. The number of ether oxygens (including phenoxy) is 1. The maximum Gasteiger partial charge on any atom is 0.329 e. The smallest absolute Gasteiger partial charge is 0.329 e. The van der Waals surface area contributed by atoms with Gasteiger partial charge in [-0.2, -0.15) is 0 Å². The molecule has 0 amide bonds. The molecule has 0 rings (SSSR count). The number of esters is 1. The third kappa shape index (κ3) is 3.27. The molecule has 66 valence electrons. The predicted molar refractivity (Wildman–Crippen MR) is 35.2 cm³/mol. The van der Waals surface area contributed by atoms with E-state index in [1.54, 1.807) is 0 Å². The van der Waals surface area contributed by atoms with Crippen LogP contribution in [-0.4, -0.2) is 24.5 Å². The first-order valence-electron chi connectivity index (χ1n) is 3.19. The molecule has 5 heteroatoms. The molecule has 0 aliphatic heterocycles. The number of hydrogen-bond acceptors (Lipinski definition) is 3. The van der Waals surface area contributed by atoms with E-state index in [4.69, 9.17) is 5.73 Å². The van der Waals surface area contributed by atoms with Crippen LogP contribution in [0, 0.1) is 0 Å². The monoisotopic (exact) mass is 167 g/mol. The Kier molecular flexibility index (Phi) is 3.38. The first-order valence-corrected chi connectivity index (χ1v) is 3.19. The maximum absolute atomic E-state index is 12.3. The number of alkyl halides is 2. The lowest BCUT2D eigenvalue weighted by Crippen LogP contribution is -2.46. The van der Waals surface area contributed by atoms with Gasteiger partial charge in [0.25, 0.3) is 5.92 Å². The highest BCUT2D eigenvalue weighted by atomic mass is 19.3. The van der Waals surface area contributed by atoms with Crippen molar-refractivity contribution in [3.8, 4) is 0 Å². The second-order valence-corrected chi connectivity index (χ2v) is 2.19. The van der Waals surface area contributed by atoms with E-state index in [9.17, 15) is 13.6 Å². The summed E-state index contributed by atoms with van der Waals surface area (Å²) in [6, 6.07) is -1.86. The zero-order chi connectivity index (χ0) is 9.07. The topological polar surface area (TPSA) is 52.3 Å². The Morgan fingerprint density at radius 3 is 2.45 bits per heavy atom. The van der Waals surface area contributed by atoms with Crippen molar-refractivity contribution in [3.63, 3.8) is 0 Å². The summed E-state index contributed by atoms with van der Waals surface area (Å²) in [5.74, 6) is -4.29. The molecule has 0 fully saturated rings. The fraction of sp³-hybridized carbons (Fsp3) is 0.833. The van der Waals surface area contributed by atoms with Crippen molar-refractivity contribution in [1.29, 1.82) is 0 Å². The molecule has 2 N–H and O–H groups in total. The van der Waals surface area contributed by atoms with E-state index in [0.717, 1.165) is 0 Å². The molecule has 1 atom stereocenters. The average molecular weight is 167 g/mol. The summed E-state index contributed by atoms with van der Waals surface area (Å²) in [5, 5.41) is 0. The Balaban J connectivity index is 4.03. The van der Waals surface area contributed by atoms with Crippen molar-refractivity contribution < 1.29 is 18.3 Å². The minimum absolute atomic E-state index is 0.0581. The molecule has 0 saturated heterocycles. The summed E-state index contributed by atoms with van der Waals surface area (Å²) < 4.78 is 28.8. The first-order chi connectivity index (χ1) is 4.89. The highest BCUT2D eigenvalue weighted by molar-refractivity contribution is 5.76. The lowest BCUT2D eigenvalue weighted by atomic mass is 10.2. The number of carbonyl (C=O) groups excluding carboxylic acids is 1. The summed E-state index contributed by atoms with van der Waals surface area (Å²) in [5.41, 5.74) is 4.86. The van der Waals surface area contributed by atoms with E-state index in [1.165, 1.54) is 6.92 Å². The normalized spacial score (nSPS) is 14.3. The van der Waals surface area contributed by atoms with Gasteiger partial charge in [-0.25, -0.2) is 8.78 Å². The lowest BCUT2D eigenvalue weighted by molar-refractivity contribution is -0.153. The lowest BCUT2D eigenvalue weighted by Gasteiger charge is -2.16. The van der Waals surface area contributed by atoms with Crippen LogP contribution in [0.15, 0.2) is 0 Å². The van der Waals surface area contributed by atoms with Crippen molar-refractivity contribution in [2.45, 2.75) is 25.8 Å². The van der Waals surface area contributed by atoms with E-state index in [2.05, 4.69) is 4.74 Å². The van der Waals surface area contributed by atoms with Crippen LogP contribution in [0.3, 0.4) is 0 Å². The van der Waals surface area contributed by atoms with Gasteiger partial charge >= 0.3 is 5.97 Å². The van der Waals surface area contributed by atoms with Gasteiger partial charge in [0.15, 0.2) is 6.04 Å². The van der Waals surface area contributed by atoms with Crippen molar-refractivity contribution in [3.05, 3.63) is 0 Å². The summed E-state index contributed by atoms with van der Waals surface area (Å²) in [6.07, 6.45) is 0. The summed E-state index contributed by atoms with van der Waals surface area (Å²) in [4.78, 5) is 10.6. The van der Waals surface area contributed by atoms with Crippen molar-refractivity contribution in [2.75, 3.05) is 6.61 Å². The number of carbonyl (C=O) groups is 1. The average Bonchev–Trinajstić information content (AvgIpc) is 1.85. The second-order valence-electron chi connectivity index (χ2n) is 2.19. The van der Waals surface area contributed by atoms with Crippen LogP contribution in [-0.2, 0) is 9.53 Å². The van der Waals surface area contributed by atoms with Crippen LogP contribution in [0.1, 0.15) is 13.8 Å². The molecule has 0 aromatic rings. The van der Waals surface area contributed by atoms with Crippen LogP contribution >= 0.6 is 0 Å². The van der Waals surface area contributed by atoms with Crippen LogP contribution in [0.2, 0.25) is 0 Å². The quantitative estimate of drug-likeness (QED) is 0.624. The largest absolute Gasteiger partial charge is 0.465 e. The summed E-state index contributed by atoms with van der Waals surface area (Å²) >= 11 is 0. The SMILES string of the molecule is CCOC(=O)C(N)C(C)(F)F. The zero-order valence-electron chi connectivity index (χ0n) is 6.43. The van der Waals surface area contributed by atoms with E-state index < -0.39 is 17.9 Å². The molecular weight excluding hydrogens is 156 g/mol. The Morgan fingerprint density at radius 2 is 2.18 bits per heavy atom. The fourth-order valence-corrected chi connectivity index (χ4v) is 0.439. The maximum atomic E-state index is 12.3. The van der Waals surface area contributed by atoms with Crippen LogP contribution in [0.4, 0.5) is 8.78 Å². The van der Waals surface area contributed by atoms with Crippen LogP contribution < -0.4 is 5.73 Å². The molecule has 1 unspecified atom stereocenters. The number of nitrogens with two attached hydrogens (primary N) is 1. The molecule has 0 heterocycles. The van der Waals surface area contributed by atoms with Crippen LogP contribution in [0.5, 0.6) is 0 Å².